The van der Waals surface area contributed by atoms with Gasteiger partial charge in [0.2, 0.25) is 11.8 Å². The summed E-state index contributed by atoms with van der Waals surface area (Å²) in [5.74, 6) is 0.432. The molecule has 0 spiro atoms. The lowest BCUT2D eigenvalue weighted by molar-refractivity contribution is -0.118. The van der Waals surface area contributed by atoms with Gasteiger partial charge in [-0.15, -0.1) is 10.2 Å². The topological polar surface area (TPSA) is 112 Å². The highest BCUT2D eigenvalue weighted by molar-refractivity contribution is 7.99. The number of aromatic nitrogens is 3. The molecular weight excluding hydrogens is 390 g/mol. The molecule has 2 heterocycles. The van der Waals surface area contributed by atoms with Gasteiger partial charge in [-0.1, -0.05) is 30.8 Å². The molecule has 0 aliphatic carbocycles. The molecule has 0 radical (unpaired) electrons. The monoisotopic (exact) mass is 417 g/mol. The summed E-state index contributed by atoms with van der Waals surface area (Å²) >= 11 is 1.33. The van der Waals surface area contributed by atoms with Crippen molar-refractivity contribution < 1.29 is 14.3 Å². The fourth-order valence-electron chi connectivity index (χ4n) is 3.22. The van der Waals surface area contributed by atoms with Crippen LogP contribution in [0.3, 0.4) is 0 Å². The standard InChI is InChI=1S/C20H27N5O3S/c1-2-14-5-3-6-15(11-14)22-19(27)13-29-20-24-23-18(9-8-17(21)26)25(20)12-16-7-4-10-28-16/h3,5-6,11,16H,2,4,7-10,12-13H2,1H3,(H2,21,26)(H,22,27). The van der Waals surface area contributed by atoms with Gasteiger partial charge in [0.05, 0.1) is 18.4 Å². The van der Waals surface area contributed by atoms with Crippen LogP contribution in [0.15, 0.2) is 29.4 Å². The first-order valence-corrected chi connectivity index (χ1v) is 10.9. The van der Waals surface area contributed by atoms with E-state index in [4.69, 9.17) is 10.5 Å². The Morgan fingerprint density at radius 1 is 1.38 bits per heavy atom. The number of ether oxygens (including phenoxy) is 1. The van der Waals surface area contributed by atoms with Gasteiger partial charge >= 0.3 is 0 Å². The number of nitrogens with zero attached hydrogens (tertiary/aromatic N) is 3. The number of nitrogens with one attached hydrogen (secondary N) is 1. The predicted molar refractivity (Wildman–Crippen MR) is 112 cm³/mol. The largest absolute Gasteiger partial charge is 0.376 e. The second kappa shape index (κ2) is 10.4. The van der Waals surface area contributed by atoms with E-state index in [1.807, 2.05) is 28.8 Å². The van der Waals surface area contributed by atoms with E-state index in [9.17, 15) is 9.59 Å². The maximum absolute atomic E-state index is 12.4. The minimum Gasteiger partial charge on any atom is -0.376 e. The molecule has 2 amide bonds. The number of carbonyl (C=O) groups excluding carboxylic acids is 2. The third kappa shape index (κ3) is 6.30. The Morgan fingerprint density at radius 3 is 2.97 bits per heavy atom. The highest BCUT2D eigenvalue weighted by Crippen LogP contribution is 2.22. The molecule has 0 bridgehead atoms. The number of carbonyl (C=O) groups is 2. The van der Waals surface area contributed by atoms with Crippen LogP contribution < -0.4 is 11.1 Å². The van der Waals surface area contributed by atoms with Crippen LogP contribution in [-0.2, 0) is 33.7 Å². The predicted octanol–water partition coefficient (Wildman–Crippen LogP) is 2.17. The number of hydrogen-bond donors (Lipinski definition) is 2. The summed E-state index contributed by atoms with van der Waals surface area (Å²) < 4.78 is 7.68. The third-order valence-electron chi connectivity index (χ3n) is 4.75. The van der Waals surface area contributed by atoms with Crippen LogP contribution in [0.2, 0.25) is 0 Å². The van der Waals surface area contributed by atoms with Crippen molar-refractivity contribution in [2.75, 3.05) is 17.7 Å². The van der Waals surface area contributed by atoms with Crippen molar-refractivity contribution in [2.24, 2.45) is 5.73 Å². The van der Waals surface area contributed by atoms with Crippen molar-refractivity contribution >= 4 is 29.3 Å². The molecule has 1 atom stereocenters. The Labute approximate surface area is 174 Å². The van der Waals surface area contributed by atoms with Crippen molar-refractivity contribution in [2.45, 2.75) is 56.8 Å². The molecule has 1 aromatic heterocycles. The minimum absolute atomic E-state index is 0.100. The highest BCUT2D eigenvalue weighted by Gasteiger charge is 2.21. The van der Waals surface area contributed by atoms with Crippen LogP contribution in [-0.4, -0.2) is 45.0 Å². The average Bonchev–Trinajstić information content (AvgIpc) is 3.35. The van der Waals surface area contributed by atoms with Gasteiger partial charge in [-0.05, 0) is 37.0 Å². The van der Waals surface area contributed by atoms with Crippen LogP contribution in [0, 0.1) is 0 Å². The second-order valence-corrected chi connectivity index (χ2v) is 7.94. The SMILES string of the molecule is CCc1cccc(NC(=O)CSc2nnc(CCC(N)=O)n2CC2CCCO2)c1. The molecule has 1 saturated heterocycles. The van der Waals surface area contributed by atoms with E-state index in [-0.39, 0.29) is 30.1 Å². The maximum Gasteiger partial charge on any atom is 0.234 e. The average molecular weight is 418 g/mol. The second-order valence-electron chi connectivity index (χ2n) is 7.00. The molecule has 3 N–H and O–H groups in total. The molecule has 1 aromatic carbocycles. The van der Waals surface area contributed by atoms with Crippen molar-refractivity contribution in [3.63, 3.8) is 0 Å². The summed E-state index contributed by atoms with van der Waals surface area (Å²) in [5.41, 5.74) is 7.24. The Balaban J connectivity index is 1.63. The smallest absolute Gasteiger partial charge is 0.234 e. The number of nitrogens with two attached hydrogens (primary N) is 1. The van der Waals surface area contributed by atoms with Crippen LogP contribution in [0.25, 0.3) is 0 Å². The van der Waals surface area contributed by atoms with Crippen molar-refractivity contribution in [3.8, 4) is 0 Å². The van der Waals surface area contributed by atoms with Crippen molar-refractivity contribution in [1.82, 2.24) is 14.8 Å². The Morgan fingerprint density at radius 2 is 2.24 bits per heavy atom. The molecule has 1 aliphatic rings. The molecule has 1 aliphatic heterocycles. The number of benzene rings is 1. The molecule has 3 rings (SSSR count). The van der Waals surface area contributed by atoms with E-state index < -0.39 is 0 Å². The lowest BCUT2D eigenvalue weighted by Crippen LogP contribution is -2.20. The summed E-state index contributed by atoms with van der Waals surface area (Å²) in [5, 5.41) is 12.0. The molecule has 156 valence electrons. The molecule has 1 fully saturated rings. The number of amides is 2. The van der Waals surface area contributed by atoms with Gasteiger partial charge in [0, 0.05) is 25.1 Å². The van der Waals surface area contributed by atoms with E-state index in [2.05, 4.69) is 22.4 Å². The normalized spacial score (nSPS) is 16.1. The quantitative estimate of drug-likeness (QED) is 0.573. The van der Waals surface area contributed by atoms with Crippen LogP contribution in [0.4, 0.5) is 5.69 Å². The Hall–Kier alpha value is -2.39. The lowest BCUT2D eigenvalue weighted by Gasteiger charge is -2.14. The lowest BCUT2D eigenvalue weighted by atomic mass is 10.1. The molecular formula is C20H27N5O3S. The van der Waals surface area contributed by atoms with Gasteiger partial charge in [-0.2, -0.15) is 0 Å². The Kier molecular flexibility index (Phi) is 7.65. The number of rotatable bonds is 10. The first-order valence-electron chi connectivity index (χ1n) is 9.88. The zero-order valence-corrected chi connectivity index (χ0v) is 17.4. The van der Waals surface area contributed by atoms with Gasteiger partial charge in [-0.25, -0.2) is 0 Å². The summed E-state index contributed by atoms with van der Waals surface area (Å²) in [7, 11) is 0. The number of anilines is 1. The number of aryl methyl sites for hydroxylation is 2. The Bertz CT molecular complexity index is 848. The van der Waals surface area contributed by atoms with Gasteiger partial charge < -0.3 is 20.4 Å². The maximum atomic E-state index is 12.4. The van der Waals surface area contributed by atoms with Crippen molar-refractivity contribution in [1.29, 1.82) is 0 Å². The fraction of sp³-hybridized carbons (Fsp3) is 0.500. The third-order valence-corrected chi connectivity index (χ3v) is 5.72. The molecule has 8 nitrogen and oxygen atoms in total. The summed E-state index contributed by atoms with van der Waals surface area (Å²) in [6.45, 7) is 3.45. The molecule has 9 heteroatoms. The molecule has 29 heavy (non-hydrogen) atoms. The van der Waals surface area contributed by atoms with Gasteiger partial charge in [0.1, 0.15) is 5.82 Å². The van der Waals surface area contributed by atoms with E-state index in [1.54, 1.807) is 0 Å². The van der Waals surface area contributed by atoms with E-state index in [0.29, 0.717) is 23.9 Å². The van der Waals surface area contributed by atoms with Crippen LogP contribution in [0.1, 0.15) is 37.6 Å². The van der Waals surface area contributed by atoms with Gasteiger partial charge in [-0.3, -0.25) is 9.59 Å². The first-order chi connectivity index (χ1) is 14.0. The van der Waals surface area contributed by atoms with Gasteiger partial charge in [0.25, 0.3) is 0 Å². The first kappa shape index (κ1) is 21.3. The minimum atomic E-state index is -0.375. The summed E-state index contributed by atoms with van der Waals surface area (Å²) in [4.78, 5) is 23.5. The zero-order chi connectivity index (χ0) is 20.6. The van der Waals surface area contributed by atoms with E-state index in [0.717, 1.165) is 31.6 Å². The van der Waals surface area contributed by atoms with Crippen molar-refractivity contribution in [3.05, 3.63) is 35.7 Å². The summed E-state index contributed by atoms with van der Waals surface area (Å²) in [6.07, 6.45) is 3.66. The zero-order valence-electron chi connectivity index (χ0n) is 16.6. The van der Waals surface area contributed by atoms with Crippen LogP contribution in [0.5, 0.6) is 0 Å². The van der Waals surface area contributed by atoms with E-state index in [1.165, 1.54) is 17.3 Å². The number of hydrogen-bond acceptors (Lipinski definition) is 6. The molecule has 0 saturated carbocycles. The van der Waals surface area contributed by atoms with E-state index >= 15 is 0 Å². The molecule has 1 unspecified atom stereocenters. The van der Waals surface area contributed by atoms with Crippen LogP contribution >= 0.6 is 11.8 Å². The summed E-state index contributed by atoms with van der Waals surface area (Å²) in [6, 6.07) is 7.82. The fourth-order valence-corrected chi connectivity index (χ4v) is 3.98. The molecule has 2 aromatic rings. The number of primary amides is 1. The highest BCUT2D eigenvalue weighted by atomic mass is 32.2. The number of thioether (sulfide) groups is 1. The van der Waals surface area contributed by atoms with Gasteiger partial charge in [0.15, 0.2) is 5.16 Å².